The third-order valence-corrected chi connectivity index (χ3v) is 4.37. The fraction of sp³-hybridized carbons (Fsp3) is 0.625. The quantitative estimate of drug-likeness (QED) is 0.773. The first-order chi connectivity index (χ1) is 9.38. The summed E-state index contributed by atoms with van der Waals surface area (Å²) in [5.41, 5.74) is 0.0636. The fourth-order valence-electron chi connectivity index (χ4n) is 3.20. The van der Waals surface area contributed by atoms with Crippen molar-refractivity contribution in [2.45, 2.75) is 46.1 Å². The minimum Gasteiger partial charge on any atom is -0.380 e. The van der Waals surface area contributed by atoms with E-state index < -0.39 is 17.5 Å². The van der Waals surface area contributed by atoms with Crippen LogP contribution in [-0.2, 0) is 0 Å². The van der Waals surface area contributed by atoms with E-state index in [0.717, 1.165) is 18.9 Å². The fourth-order valence-corrected chi connectivity index (χ4v) is 3.20. The topological polar surface area (TPSA) is 12.0 Å². The van der Waals surface area contributed by atoms with Crippen LogP contribution in [0.25, 0.3) is 0 Å². The minimum absolute atomic E-state index is 0.0636. The van der Waals surface area contributed by atoms with E-state index in [4.69, 9.17) is 0 Å². The van der Waals surface area contributed by atoms with Gasteiger partial charge in [0.15, 0.2) is 11.6 Å². The van der Waals surface area contributed by atoms with Gasteiger partial charge in [-0.05, 0) is 30.6 Å². The third kappa shape index (κ3) is 3.28. The predicted molar refractivity (Wildman–Crippen MR) is 75.1 cm³/mol. The number of benzene rings is 1. The van der Waals surface area contributed by atoms with Crippen molar-refractivity contribution < 1.29 is 13.2 Å². The summed E-state index contributed by atoms with van der Waals surface area (Å²) in [5.74, 6) is -1.42. The third-order valence-electron chi connectivity index (χ3n) is 4.37. The van der Waals surface area contributed by atoms with Crippen LogP contribution in [-0.4, -0.2) is 6.04 Å². The zero-order valence-corrected chi connectivity index (χ0v) is 12.2. The first kappa shape index (κ1) is 15.2. The van der Waals surface area contributed by atoms with Gasteiger partial charge in [-0.25, -0.2) is 13.2 Å². The SMILES string of the molecule is CC1CCC(C(C)C)C(Nc2cc(F)c(F)cc2F)C1. The van der Waals surface area contributed by atoms with E-state index in [0.29, 0.717) is 23.8 Å². The van der Waals surface area contributed by atoms with Gasteiger partial charge in [-0.2, -0.15) is 0 Å². The van der Waals surface area contributed by atoms with Gasteiger partial charge in [0.2, 0.25) is 0 Å². The minimum atomic E-state index is -1.15. The molecule has 1 N–H and O–H groups in total. The zero-order valence-electron chi connectivity index (χ0n) is 12.2. The summed E-state index contributed by atoms with van der Waals surface area (Å²) in [6, 6.07) is 1.63. The highest BCUT2D eigenvalue weighted by Crippen LogP contribution is 2.35. The standard InChI is InChI=1S/C16H22F3N/c1-9(2)11-5-4-10(3)6-15(11)20-16-8-13(18)12(17)7-14(16)19/h7-11,15,20H,4-6H2,1-3H3. The number of hydrogen-bond acceptors (Lipinski definition) is 1. The molecule has 1 aliphatic carbocycles. The van der Waals surface area contributed by atoms with E-state index in [2.05, 4.69) is 26.1 Å². The molecule has 0 heterocycles. The lowest BCUT2D eigenvalue weighted by atomic mass is 9.74. The van der Waals surface area contributed by atoms with Crippen molar-refractivity contribution in [1.29, 1.82) is 0 Å². The summed E-state index contributed by atoms with van der Waals surface area (Å²) < 4.78 is 40.0. The lowest BCUT2D eigenvalue weighted by Crippen LogP contribution is -2.38. The molecule has 0 aliphatic heterocycles. The van der Waals surface area contributed by atoms with E-state index in [1.165, 1.54) is 6.42 Å². The number of anilines is 1. The monoisotopic (exact) mass is 285 g/mol. The molecule has 1 saturated carbocycles. The highest BCUT2D eigenvalue weighted by Gasteiger charge is 2.31. The molecule has 1 fully saturated rings. The Morgan fingerprint density at radius 2 is 1.70 bits per heavy atom. The van der Waals surface area contributed by atoms with Crippen molar-refractivity contribution in [3.63, 3.8) is 0 Å². The highest BCUT2D eigenvalue weighted by molar-refractivity contribution is 5.46. The number of rotatable bonds is 3. The maximum Gasteiger partial charge on any atom is 0.161 e. The van der Waals surface area contributed by atoms with E-state index >= 15 is 0 Å². The van der Waals surface area contributed by atoms with Crippen LogP contribution in [0.4, 0.5) is 18.9 Å². The maximum atomic E-state index is 13.7. The Labute approximate surface area is 118 Å². The molecule has 1 aromatic rings. The molecule has 0 aromatic heterocycles. The van der Waals surface area contributed by atoms with Crippen LogP contribution < -0.4 is 5.32 Å². The second-order valence-electron chi connectivity index (χ2n) is 6.32. The van der Waals surface area contributed by atoms with Gasteiger partial charge in [0.05, 0.1) is 5.69 Å². The molecule has 3 unspecified atom stereocenters. The number of halogens is 3. The van der Waals surface area contributed by atoms with Gasteiger partial charge in [-0.15, -0.1) is 0 Å². The van der Waals surface area contributed by atoms with E-state index in [9.17, 15) is 13.2 Å². The average Bonchev–Trinajstić information content (AvgIpc) is 2.35. The molecule has 0 bridgehead atoms. The van der Waals surface area contributed by atoms with E-state index in [1.54, 1.807) is 0 Å². The van der Waals surface area contributed by atoms with E-state index in [-0.39, 0.29) is 11.7 Å². The molecule has 2 rings (SSSR count). The first-order valence-corrected chi connectivity index (χ1v) is 7.29. The Hall–Kier alpha value is -1.19. The molecule has 0 saturated heterocycles. The normalized spacial score (nSPS) is 26.9. The average molecular weight is 285 g/mol. The highest BCUT2D eigenvalue weighted by atomic mass is 19.2. The van der Waals surface area contributed by atoms with Gasteiger partial charge in [0.25, 0.3) is 0 Å². The summed E-state index contributed by atoms with van der Waals surface area (Å²) in [5, 5.41) is 3.10. The molecule has 3 atom stereocenters. The van der Waals surface area contributed by atoms with Crippen molar-refractivity contribution in [2.24, 2.45) is 17.8 Å². The zero-order chi connectivity index (χ0) is 14.9. The van der Waals surface area contributed by atoms with Gasteiger partial charge in [0.1, 0.15) is 5.82 Å². The summed E-state index contributed by atoms with van der Waals surface area (Å²) >= 11 is 0. The van der Waals surface area contributed by atoms with Gasteiger partial charge in [0, 0.05) is 18.2 Å². The predicted octanol–water partition coefficient (Wildman–Crippen LogP) is 4.98. The van der Waals surface area contributed by atoms with Crippen molar-refractivity contribution >= 4 is 5.69 Å². The molecular formula is C16H22F3N. The second kappa shape index (κ2) is 6.06. The Morgan fingerprint density at radius 1 is 1.05 bits per heavy atom. The largest absolute Gasteiger partial charge is 0.380 e. The van der Waals surface area contributed by atoms with Crippen LogP contribution in [0.5, 0.6) is 0 Å². The van der Waals surface area contributed by atoms with Crippen LogP contribution in [0.2, 0.25) is 0 Å². The second-order valence-corrected chi connectivity index (χ2v) is 6.32. The van der Waals surface area contributed by atoms with Crippen LogP contribution >= 0.6 is 0 Å². The Morgan fingerprint density at radius 3 is 2.35 bits per heavy atom. The molecular weight excluding hydrogens is 263 g/mol. The number of nitrogens with one attached hydrogen (secondary N) is 1. The summed E-state index contributed by atoms with van der Waals surface area (Å²) in [6.45, 7) is 6.47. The Kier molecular flexibility index (Phi) is 4.61. The van der Waals surface area contributed by atoms with Crippen molar-refractivity contribution in [3.8, 4) is 0 Å². The number of hydrogen-bond donors (Lipinski definition) is 1. The van der Waals surface area contributed by atoms with Crippen LogP contribution in [0, 0.1) is 35.2 Å². The van der Waals surface area contributed by atoms with Gasteiger partial charge >= 0.3 is 0 Å². The Balaban J connectivity index is 2.20. The summed E-state index contributed by atoms with van der Waals surface area (Å²) in [7, 11) is 0. The van der Waals surface area contributed by atoms with Crippen LogP contribution in [0.15, 0.2) is 12.1 Å². The molecule has 1 aromatic carbocycles. The lowest BCUT2D eigenvalue weighted by molar-refractivity contribution is 0.211. The van der Waals surface area contributed by atoms with E-state index in [1.807, 2.05) is 0 Å². The lowest BCUT2D eigenvalue weighted by Gasteiger charge is -2.38. The van der Waals surface area contributed by atoms with Crippen molar-refractivity contribution in [2.75, 3.05) is 5.32 Å². The Bertz CT molecular complexity index is 473. The molecule has 0 spiro atoms. The molecule has 0 radical (unpaired) electrons. The smallest absolute Gasteiger partial charge is 0.161 e. The molecule has 4 heteroatoms. The van der Waals surface area contributed by atoms with Gasteiger partial charge in [-0.3, -0.25) is 0 Å². The maximum absolute atomic E-state index is 13.7. The van der Waals surface area contributed by atoms with Crippen molar-refractivity contribution in [3.05, 3.63) is 29.6 Å². The van der Waals surface area contributed by atoms with Gasteiger partial charge < -0.3 is 5.32 Å². The summed E-state index contributed by atoms with van der Waals surface area (Å²) in [4.78, 5) is 0. The molecule has 0 amide bonds. The molecule has 112 valence electrons. The molecule has 1 nitrogen and oxygen atoms in total. The van der Waals surface area contributed by atoms with Crippen LogP contribution in [0.1, 0.15) is 40.0 Å². The molecule has 20 heavy (non-hydrogen) atoms. The van der Waals surface area contributed by atoms with Crippen LogP contribution in [0.3, 0.4) is 0 Å². The van der Waals surface area contributed by atoms with Gasteiger partial charge in [-0.1, -0.05) is 27.2 Å². The van der Waals surface area contributed by atoms with Crippen molar-refractivity contribution in [1.82, 2.24) is 0 Å². The molecule has 1 aliphatic rings. The summed E-state index contributed by atoms with van der Waals surface area (Å²) in [6.07, 6.45) is 3.18. The first-order valence-electron chi connectivity index (χ1n) is 7.29.